The molecule has 2 aromatic rings. The van der Waals surface area contributed by atoms with Crippen molar-refractivity contribution in [2.75, 3.05) is 18.9 Å². The molecule has 0 unspecified atom stereocenters. The Balaban J connectivity index is 2.03. The van der Waals surface area contributed by atoms with Gasteiger partial charge in [-0.2, -0.15) is 0 Å². The van der Waals surface area contributed by atoms with E-state index in [1.54, 1.807) is 6.92 Å². The van der Waals surface area contributed by atoms with Gasteiger partial charge in [-0.1, -0.05) is 0 Å². The third kappa shape index (κ3) is 2.38. The normalized spacial score (nSPS) is 12.9. The Kier molecular flexibility index (Phi) is 3.59. The van der Waals surface area contributed by atoms with Crippen molar-refractivity contribution in [3.8, 4) is 16.2 Å². The molecule has 2 N–H and O–H groups in total. The number of ether oxygens (including phenoxy) is 2. The molecular weight excluding hydrogens is 286 g/mol. The van der Waals surface area contributed by atoms with Crippen LogP contribution in [0.15, 0.2) is 18.2 Å². The molecule has 0 spiro atoms. The SMILES string of the molecule is CCOC(=O)c1sc(-c2ccc3c(c2)CCO3)c(C)c1N. The van der Waals surface area contributed by atoms with E-state index in [-0.39, 0.29) is 5.97 Å². The fourth-order valence-corrected chi connectivity index (χ4v) is 3.60. The summed E-state index contributed by atoms with van der Waals surface area (Å²) in [5.41, 5.74) is 9.80. The van der Waals surface area contributed by atoms with E-state index >= 15 is 0 Å². The third-order valence-corrected chi connectivity index (χ3v) is 4.94. The predicted molar refractivity (Wildman–Crippen MR) is 84.1 cm³/mol. The minimum atomic E-state index is -0.348. The summed E-state index contributed by atoms with van der Waals surface area (Å²) in [6.07, 6.45) is 0.924. The summed E-state index contributed by atoms with van der Waals surface area (Å²) in [5, 5.41) is 0. The third-order valence-electron chi connectivity index (χ3n) is 3.61. The van der Waals surface area contributed by atoms with E-state index in [0.717, 1.165) is 34.8 Å². The number of hydrogen-bond donors (Lipinski definition) is 1. The van der Waals surface area contributed by atoms with Crippen molar-refractivity contribution >= 4 is 23.0 Å². The standard InChI is InChI=1S/C16H17NO3S/c1-3-19-16(18)15-13(17)9(2)14(21-15)11-4-5-12-10(8-11)6-7-20-12/h4-5,8H,3,6-7,17H2,1-2H3. The van der Waals surface area contributed by atoms with Gasteiger partial charge in [-0.15, -0.1) is 11.3 Å². The second-order valence-corrected chi connectivity index (χ2v) is 5.96. The Labute approximate surface area is 127 Å². The minimum Gasteiger partial charge on any atom is -0.493 e. The van der Waals surface area contributed by atoms with Crippen molar-refractivity contribution in [1.82, 2.24) is 0 Å². The lowest BCUT2D eigenvalue weighted by Gasteiger charge is -2.03. The molecule has 110 valence electrons. The molecule has 1 aliphatic heterocycles. The number of nitrogens with two attached hydrogens (primary N) is 1. The van der Waals surface area contributed by atoms with Crippen molar-refractivity contribution in [2.45, 2.75) is 20.3 Å². The van der Waals surface area contributed by atoms with E-state index in [2.05, 4.69) is 6.07 Å². The summed E-state index contributed by atoms with van der Waals surface area (Å²) < 4.78 is 10.6. The van der Waals surface area contributed by atoms with E-state index in [1.807, 2.05) is 19.1 Å². The van der Waals surface area contributed by atoms with Gasteiger partial charge in [0, 0.05) is 11.3 Å². The lowest BCUT2D eigenvalue weighted by Crippen LogP contribution is -2.05. The lowest BCUT2D eigenvalue weighted by molar-refractivity contribution is 0.0533. The number of fused-ring (bicyclic) bond motifs is 1. The monoisotopic (exact) mass is 303 g/mol. The molecule has 0 atom stereocenters. The molecule has 1 aromatic heterocycles. The van der Waals surface area contributed by atoms with Gasteiger partial charge in [0.25, 0.3) is 0 Å². The Bertz CT molecular complexity index is 706. The average Bonchev–Trinajstić information content (AvgIpc) is 3.05. The second-order valence-electron chi connectivity index (χ2n) is 4.94. The molecule has 1 aliphatic rings. The molecule has 3 rings (SSSR count). The van der Waals surface area contributed by atoms with E-state index in [9.17, 15) is 4.79 Å². The summed E-state index contributed by atoms with van der Waals surface area (Å²) in [4.78, 5) is 13.4. The quantitative estimate of drug-likeness (QED) is 0.883. The fourth-order valence-electron chi connectivity index (χ4n) is 2.48. The van der Waals surface area contributed by atoms with E-state index < -0.39 is 0 Å². The van der Waals surface area contributed by atoms with Crippen LogP contribution < -0.4 is 10.5 Å². The summed E-state index contributed by atoms with van der Waals surface area (Å²) in [5.74, 6) is 0.602. The van der Waals surface area contributed by atoms with E-state index in [4.69, 9.17) is 15.2 Å². The highest BCUT2D eigenvalue weighted by molar-refractivity contribution is 7.18. The lowest BCUT2D eigenvalue weighted by atomic mass is 10.0. The van der Waals surface area contributed by atoms with Crippen LogP contribution in [0.3, 0.4) is 0 Å². The Morgan fingerprint density at radius 2 is 2.29 bits per heavy atom. The van der Waals surface area contributed by atoms with E-state index in [0.29, 0.717) is 17.2 Å². The largest absolute Gasteiger partial charge is 0.493 e. The van der Waals surface area contributed by atoms with Crippen molar-refractivity contribution in [3.05, 3.63) is 34.2 Å². The molecular formula is C16H17NO3S. The first-order valence-corrected chi connectivity index (χ1v) is 7.75. The van der Waals surface area contributed by atoms with Crippen molar-refractivity contribution in [3.63, 3.8) is 0 Å². The van der Waals surface area contributed by atoms with Crippen molar-refractivity contribution in [2.24, 2.45) is 0 Å². The highest BCUT2D eigenvalue weighted by Crippen LogP contribution is 2.40. The van der Waals surface area contributed by atoms with Gasteiger partial charge in [0.1, 0.15) is 10.6 Å². The zero-order valence-electron chi connectivity index (χ0n) is 12.1. The number of anilines is 1. The summed E-state index contributed by atoms with van der Waals surface area (Å²) in [6, 6.07) is 6.12. The van der Waals surface area contributed by atoms with Crippen LogP contribution in [0.4, 0.5) is 5.69 Å². The van der Waals surface area contributed by atoms with Crippen molar-refractivity contribution in [1.29, 1.82) is 0 Å². The first-order valence-electron chi connectivity index (χ1n) is 6.94. The van der Waals surface area contributed by atoms with Crippen LogP contribution in [0.1, 0.15) is 27.7 Å². The number of nitrogen functional groups attached to an aromatic ring is 1. The Hall–Kier alpha value is -2.01. The molecule has 4 nitrogen and oxygen atoms in total. The predicted octanol–water partition coefficient (Wildman–Crippen LogP) is 3.42. The van der Waals surface area contributed by atoms with Gasteiger partial charge >= 0.3 is 5.97 Å². The molecule has 5 heteroatoms. The molecule has 21 heavy (non-hydrogen) atoms. The molecule has 0 bridgehead atoms. The molecule has 2 heterocycles. The molecule has 0 aliphatic carbocycles. The maximum absolute atomic E-state index is 11.9. The number of rotatable bonds is 3. The summed E-state index contributed by atoms with van der Waals surface area (Å²) >= 11 is 1.39. The van der Waals surface area contributed by atoms with Gasteiger partial charge in [0.2, 0.25) is 0 Å². The maximum Gasteiger partial charge on any atom is 0.350 e. The van der Waals surface area contributed by atoms with Gasteiger partial charge in [-0.3, -0.25) is 0 Å². The highest BCUT2D eigenvalue weighted by atomic mass is 32.1. The van der Waals surface area contributed by atoms with Gasteiger partial charge in [-0.05, 0) is 48.7 Å². The zero-order chi connectivity index (χ0) is 15.0. The number of thiophene rings is 1. The fraction of sp³-hybridized carbons (Fsp3) is 0.312. The molecule has 0 saturated heterocycles. The molecule has 0 saturated carbocycles. The van der Waals surface area contributed by atoms with Gasteiger partial charge in [-0.25, -0.2) is 4.79 Å². The topological polar surface area (TPSA) is 61.5 Å². The van der Waals surface area contributed by atoms with Crippen LogP contribution in [0.25, 0.3) is 10.4 Å². The molecule has 0 amide bonds. The number of carbonyl (C=O) groups excluding carboxylic acids is 1. The Morgan fingerprint density at radius 3 is 3.05 bits per heavy atom. The molecule has 0 radical (unpaired) electrons. The number of hydrogen-bond acceptors (Lipinski definition) is 5. The number of carbonyl (C=O) groups is 1. The van der Waals surface area contributed by atoms with E-state index in [1.165, 1.54) is 16.9 Å². The first-order chi connectivity index (χ1) is 10.1. The zero-order valence-corrected chi connectivity index (χ0v) is 12.9. The number of esters is 1. The van der Waals surface area contributed by atoms with Gasteiger partial charge in [0.15, 0.2) is 0 Å². The van der Waals surface area contributed by atoms with Gasteiger partial charge < -0.3 is 15.2 Å². The molecule has 1 aromatic carbocycles. The first kappa shape index (κ1) is 13.9. The van der Waals surface area contributed by atoms with Crippen molar-refractivity contribution < 1.29 is 14.3 Å². The van der Waals surface area contributed by atoms with Crippen LogP contribution in [0.5, 0.6) is 5.75 Å². The Morgan fingerprint density at radius 1 is 1.48 bits per heavy atom. The minimum absolute atomic E-state index is 0.348. The summed E-state index contributed by atoms with van der Waals surface area (Å²) in [6.45, 7) is 4.81. The summed E-state index contributed by atoms with van der Waals surface area (Å²) in [7, 11) is 0. The highest BCUT2D eigenvalue weighted by Gasteiger charge is 2.21. The molecule has 0 fully saturated rings. The maximum atomic E-state index is 11.9. The van der Waals surface area contributed by atoms with Crippen LogP contribution in [-0.2, 0) is 11.2 Å². The van der Waals surface area contributed by atoms with Crippen LogP contribution in [0.2, 0.25) is 0 Å². The van der Waals surface area contributed by atoms with Crippen LogP contribution in [-0.4, -0.2) is 19.2 Å². The van der Waals surface area contributed by atoms with Crippen LogP contribution in [0, 0.1) is 6.92 Å². The second kappa shape index (κ2) is 5.41. The smallest absolute Gasteiger partial charge is 0.350 e. The number of benzene rings is 1. The average molecular weight is 303 g/mol. The van der Waals surface area contributed by atoms with Gasteiger partial charge in [0.05, 0.1) is 18.9 Å². The van der Waals surface area contributed by atoms with Crippen LogP contribution >= 0.6 is 11.3 Å².